The van der Waals surface area contributed by atoms with Crippen LogP contribution in [0.2, 0.25) is 0 Å². The van der Waals surface area contributed by atoms with E-state index in [-0.39, 0.29) is 5.91 Å². The summed E-state index contributed by atoms with van der Waals surface area (Å²) in [6.07, 6.45) is 2.28. The van der Waals surface area contributed by atoms with Gasteiger partial charge in [0.2, 0.25) is 5.91 Å². The van der Waals surface area contributed by atoms with Crippen molar-refractivity contribution in [1.29, 1.82) is 0 Å². The van der Waals surface area contributed by atoms with Crippen LogP contribution in [0.25, 0.3) is 0 Å². The number of nitrogens with one attached hydrogen (secondary N) is 1. The van der Waals surface area contributed by atoms with E-state index in [1.807, 2.05) is 35.3 Å². The van der Waals surface area contributed by atoms with Crippen molar-refractivity contribution in [1.82, 2.24) is 5.43 Å². The molecule has 0 radical (unpaired) electrons. The lowest BCUT2D eigenvalue weighted by atomic mass is 10.1. The number of para-hydroxylation sites is 1. The number of hydrogen-bond donors (Lipinski definition) is 1. The van der Waals surface area contributed by atoms with Gasteiger partial charge in [0, 0.05) is 13.0 Å². The van der Waals surface area contributed by atoms with E-state index in [0.717, 1.165) is 25.1 Å². The Hall–Kier alpha value is -2.29. The molecule has 1 aliphatic rings. The largest absolute Gasteiger partial charge is 0.285 e. The number of benzene rings is 2. The number of carbonyl (C=O) groups is 1. The minimum absolute atomic E-state index is 0.0919. The Morgan fingerprint density at radius 2 is 1.70 bits per heavy atom. The van der Waals surface area contributed by atoms with Crippen LogP contribution in [0.15, 0.2) is 54.6 Å². The first kappa shape index (κ1) is 12.7. The summed E-state index contributed by atoms with van der Waals surface area (Å²) in [7, 11) is 0. The molecule has 0 saturated heterocycles. The normalized spacial score (nSPS) is 14.4. The lowest BCUT2D eigenvalue weighted by Gasteiger charge is -2.25. The van der Waals surface area contributed by atoms with Crippen molar-refractivity contribution in [3.63, 3.8) is 0 Å². The molecule has 1 aliphatic heterocycles. The summed E-state index contributed by atoms with van der Waals surface area (Å²) in [5.41, 5.74) is 6.64. The zero-order valence-corrected chi connectivity index (χ0v) is 11.4. The summed E-state index contributed by atoms with van der Waals surface area (Å²) in [6, 6.07) is 18.6. The van der Waals surface area contributed by atoms with E-state index in [0.29, 0.717) is 6.42 Å². The minimum atomic E-state index is 0.0919. The third-order valence-corrected chi connectivity index (χ3v) is 3.63. The summed E-state index contributed by atoms with van der Waals surface area (Å²) in [5, 5.41) is 1.98. The zero-order valence-electron chi connectivity index (χ0n) is 11.4. The van der Waals surface area contributed by atoms with E-state index in [4.69, 9.17) is 0 Å². The molecule has 0 saturated carbocycles. The molecule has 1 amide bonds. The van der Waals surface area contributed by atoms with Gasteiger partial charge >= 0.3 is 0 Å². The van der Waals surface area contributed by atoms with E-state index >= 15 is 0 Å². The van der Waals surface area contributed by atoms with Gasteiger partial charge in [-0.05, 0) is 30.0 Å². The molecule has 0 bridgehead atoms. The van der Waals surface area contributed by atoms with E-state index in [1.54, 1.807) is 0 Å². The van der Waals surface area contributed by atoms with E-state index < -0.39 is 0 Å². The number of amides is 1. The van der Waals surface area contributed by atoms with Gasteiger partial charge < -0.3 is 0 Å². The second-order valence-corrected chi connectivity index (χ2v) is 5.05. The van der Waals surface area contributed by atoms with Crippen LogP contribution >= 0.6 is 0 Å². The highest BCUT2D eigenvalue weighted by atomic mass is 16.2. The molecule has 0 spiro atoms. The summed E-state index contributed by atoms with van der Waals surface area (Å²) >= 11 is 0. The molecule has 3 heteroatoms. The topological polar surface area (TPSA) is 32.3 Å². The first-order valence-electron chi connectivity index (χ1n) is 7.02. The zero-order chi connectivity index (χ0) is 13.8. The van der Waals surface area contributed by atoms with Crippen molar-refractivity contribution in [3.8, 4) is 0 Å². The van der Waals surface area contributed by atoms with Crippen LogP contribution in [-0.2, 0) is 17.6 Å². The van der Waals surface area contributed by atoms with Crippen molar-refractivity contribution >= 4 is 11.6 Å². The third-order valence-electron chi connectivity index (χ3n) is 3.63. The van der Waals surface area contributed by atoms with Crippen LogP contribution < -0.4 is 10.4 Å². The van der Waals surface area contributed by atoms with Gasteiger partial charge in [-0.25, -0.2) is 0 Å². The molecular weight excluding hydrogens is 248 g/mol. The maximum atomic E-state index is 11.8. The highest BCUT2D eigenvalue weighted by molar-refractivity contribution is 5.80. The molecule has 20 heavy (non-hydrogen) atoms. The molecule has 3 nitrogen and oxygen atoms in total. The highest BCUT2D eigenvalue weighted by Gasteiger charge is 2.18. The SMILES string of the molecule is O=C1CCc2ccccc2N(CCc2ccccc2)N1. The van der Waals surface area contributed by atoms with Crippen LogP contribution in [0.1, 0.15) is 17.5 Å². The van der Waals surface area contributed by atoms with Crippen LogP contribution in [0.3, 0.4) is 0 Å². The molecule has 0 aromatic heterocycles. The average Bonchev–Trinajstić information content (AvgIpc) is 2.66. The van der Waals surface area contributed by atoms with Crippen LogP contribution in [-0.4, -0.2) is 12.5 Å². The van der Waals surface area contributed by atoms with Gasteiger partial charge in [0.05, 0.1) is 5.69 Å². The number of carbonyl (C=O) groups excluding carboxylic acids is 1. The Kier molecular flexibility index (Phi) is 3.68. The third kappa shape index (κ3) is 2.82. The van der Waals surface area contributed by atoms with Crippen molar-refractivity contribution in [3.05, 3.63) is 65.7 Å². The van der Waals surface area contributed by atoms with Crippen LogP contribution in [0, 0.1) is 0 Å². The van der Waals surface area contributed by atoms with Gasteiger partial charge in [0.1, 0.15) is 0 Å². The fraction of sp³-hybridized carbons (Fsp3) is 0.235. The molecule has 1 N–H and O–H groups in total. The number of nitrogens with zero attached hydrogens (tertiary/aromatic N) is 1. The molecular formula is C17H18N2O. The number of hydrogen-bond acceptors (Lipinski definition) is 2. The van der Waals surface area contributed by atoms with Crippen molar-refractivity contribution < 1.29 is 4.79 Å². The summed E-state index contributed by atoms with van der Waals surface area (Å²) in [4.78, 5) is 11.8. The van der Waals surface area contributed by atoms with Gasteiger partial charge in [-0.2, -0.15) is 0 Å². The standard InChI is InChI=1S/C17H18N2O/c20-17-11-10-15-8-4-5-9-16(15)19(18-17)13-12-14-6-2-1-3-7-14/h1-9H,10-13H2,(H,18,20). The lowest BCUT2D eigenvalue weighted by Crippen LogP contribution is -2.42. The van der Waals surface area contributed by atoms with E-state index in [2.05, 4.69) is 29.7 Å². The quantitative estimate of drug-likeness (QED) is 0.926. The molecule has 0 aliphatic carbocycles. The van der Waals surface area contributed by atoms with Gasteiger partial charge in [0.15, 0.2) is 0 Å². The first-order chi connectivity index (χ1) is 9.83. The van der Waals surface area contributed by atoms with E-state index in [9.17, 15) is 4.79 Å². The molecule has 2 aromatic rings. The van der Waals surface area contributed by atoms with E-state index in [1.165, 1.54) is 11.1 Å². The maximum Gasteiger partial charge on any atom is 0.238 e. The molecule has 102 valence electrons. The predicted octanol–water partition coefficient (Wildman–Crippen LogP) is 2.71. The second-order valence-electron chi connectivity index (χ2n) is 5.05. The summed E-state index contributed by atoms with van der Waals surface area (Å²) in [6.45, 7) is 0.784. The molecule has 1 heterocycles. The number of aryl methyl sites for hydroxylation is 1. The molecule has 2 aromatic carbocycles. The van der Waals surface area contributed by atoms with Crippen molar-refractivity contribution in [2.75, 3.05) is 11.6 Å². The van der Waals surface area contributed by atoms with Crippen molar-refractivity contribution in [2.24, 2.45) is 0 Å². The first-order valence-corrected chi connectivity index (χ1v) is 7.02. The van der Waals surface area contributed by atoms with Gasteiger partial charge in [-0.1, -0.05) is 48.5 Å². The number of hydrazine groups is 1. The fourth-order valence-electron chi connectivity index (χ4n) is 2.56. The van der Waals surface area contributed by atoms with Gasteiger partial charge in [0.25, 0.3) is 0 Å². The predicted molar refractivity (Wildman–Crippen MR) is 80.4 cm³/mol. The summed E-state index contributed by atoms with van der Waals surface area (Å²) < 4.78 is 0. The molecule has 0 unspecified atom stereocenters. The molecule has 0 atom stereocenters. The molecule has 3 rings (SSSR count). The second kappa shape index (κ2) is 5.78. The van der Waals surface area contributed by atoms with Gasteiger partial charge in [-0.15, -0.1) is 0 Å². The van der Waals surface area contributed by atoms with Crippen molar-refractivity contribution in [2.45, 2.75) is 19.3 Å². The fourth-order valence-corrected chi connectivity index (χ4v) is 2.56. The number of fused-ring (bicyclic) bond motifs is 1. The monoisotopic (exact) mass is 266 g/mol. The maximum absolute atomic E-state index is 11.8. The average molecular weight is 266 g/mol. The summed E-state index contributed by atoms with van der Waals surface area (Å²) in [5.74, 6) is 0.0919. The minimum Gasteiger partial charge on any atom is -0.285 e. The lowest BCUT2D eigenvalue weighted by molar-refractivity contribution is -0.121. The Bertz CT molecular complexity index is 595. The smallest absolute Gasteiger partial charge is 0.238 e. The number of anilines is 1. The van der Waals surface area contributed by atoms with Crippen LogP contribution in [0.4, 0.5) is 5.69 Å². The Balaban J connectivity index is 1.78. The highest BCUT2D eigenvalue weighted by Crippen LogP contribution is 2.23. The molecule has 0 fully saturated rings. The van der Waals surface area contributed by atoms with Gasteiger partial charge in [-0.3, -0.25) is 15.2 Å². The Labute approximate surface area is 119 Å². The number of rotatable bonds is 3. The van der Waals surface area contributed by atoms with Crippen LogP contribution in [0.5, 0.6) is 0 Å². The Morgan fingerprint density at radius 1 is 0.950 bits per heavy atom. The Morgan fingerprint density at radius 3 is 2.55 bits per heavy atom.